The summed E-state index contributed by atoms with van der Waals surface area (Å²) in [5, 5.41) is 0.138. The first-order chi connectivity index (χ1) is 8.13. The van der Waals surface area contributed by atoms with Crippen LogP contribution >= 0.6 is 11.6 Å². The maximum atomic E-state index is 11.5. The lowest BCUT2D eigenvalue weighted by Gasteiger charge is -2.12. The second-order valence-electron chi connectivity index (χ2n) is 4.28. The molecule has 5 heteroatoms. The first-order valence-electron chi connectivity index (χ1n) is 5.67. The fourth-order valence-electron chi connectivity index (χ4n) is 2.29. The van der Waals surface area contributed by atoms with Crippen LogP contribution in [0.1, 0.15) is 47.7 Å². The van der Waals surface area contributed by atoms with Gasteiger partial charge in [0.2, 0.25) is 0 Å². The molecular formula is C12H15ClN2O2. The molecular weight excluding hydrogens is 240 g/mol. The van der Waals surface area contributed by atoms with E-state index in [4.69, 9.17) is 17.3 Å². The number of nitrogens with two attached hydrogens (primary N) is 1. The van der Waals surface area contributed by atoms with Gasteiger partial charge in [-0.1, -0.05) is 24.4 Å². The fraction of sp³-hybridized carbons (Fsp3) is 0.500. The molecule has 17 heavy (non-hydrogen) atoms. The molecule has 1 heterocycles. The van der Waals surface area contributed by atoms with E-state index in [1.807, 2.05) is 0 Å². The Morgan fingerprint density at radius 3 is 2.71 bits per heavy atom. The number of hydrogen-bond donors (Lipinski definition) is 1. The van der Waals surface area contributed by atoms with Gasteiger partial charge in [-0.3, -0.25) is 0 Å². The van der Waals surface area contributed by atoms with E-state index >= 15 is 0 Å². The highest BCUT2D eigenvalue weighted by Gasteiger charge is 2.23. The summed E-state index contributed by atoms with van der Waals surface area (Å²) in [5.74, 6) is -0.125. The van der Waals surface area contributed by atoms with Crippen molar-refractivity contribution >= 4 is 23.3 Å². The summed E-state index contributed by atoms with van der Waals surface area (Å²) in [7, 11) is 1.29. The van der Waals surface area contributed by atoms with Crippen LogP contribution in [0.2, 0.25) is 5.15 Å². The number of carbonyl (C=O) groups excluding carboxylic acids is 1. The highest BCUT2D eigenvalue weighted by Crippen LogP contribution is 2.35. The number of rotatable bonds is 2. The van der Waals surface area contributed by atoms with Crippen LogP contribution in [0.25, 0.3) is 0 Å². The molecule has 1 saturated carbocycles. The minimum atomic E-state index is -0.544. The van der Waals surface area contributed by atoms with Gasteiger partial charge in [-0.2, -0.15) is 0 Å². The molecule has 0 radical (unpaired) electrons. The highest BCUT2D eigenvalue weighted by molar-refractivity contribution is 6.33. The number of methoxy groups -OCH3 is 1. The third-order valence-corrected chi connectivity index (χ3v) is 3.46. The molecule has 2 rings (SSSR count). The van der Waals surface area contributed by atoms with Crippen LogP contribution in [0.15, 0.2) is 6.07 Å². The lowest BCUT2D eigenvalue weighted by molar-refractivity contribution is 0.0601. The largest absolute Gasteiger partial charge is 0.465 e. The Balaban J connectivity index is 2.37. The first-order valence-corrected chi connectivity index (χ1v) is 6.05. The second kappa shape index (κ2) is 4.92. The number of nitrogens with zero attached hydrogens (tertiary/aromatic N) is 1. The van der Waals surface area contributed by atoms with E-state index in [-0.39, 0.29) is 10.7 Å². The number of nitrogen functional groups attached to an aromatic ring is 1. The summed E-state index contributed by atoms with van der Waals surface area (Å²) in [5.41, 5.74) is 7.24. The molecule has 0 unspecified atom stereocenters. The van der Waals surface area contributed by atoms with Gasteiger partial charge < -0.3 is 10.5 Å². The van der Waals surface area contributed by atoms with Crippen LogP contribution in [-0.2, 0) is 4.74 Å². The van der Waals surface area contributed by atoms with Crippen molar-refractivity contribution in [1.82, 2.24) is 4.98 Å². The Morgan fingerprint density at radius 1 is 1.53 bits per heavy atom. The zero-order valence-corrected chi connectivity index (χ0v) is 10.5. The van der Waals surface area contributed by atoms with Crippen molar-refractivity contribution in [3.8, 4) is 0 Å². The van der Waals surface area contributed by atoms with Crippen molar-refractivity contribution in [2.45, 2.75) is 31.6 Å². The van der Waals surface area contributed by atoms with Gasteiger partial charge in [0.1, 0.15) is 10.7 Å². The highest BCUT2D eigenvalue weighted by atomic mass is 35.5. The molecule has 92 valence electrons. The zero-order chi connectivity index (χ0) is 12.4. The zero-order valence-electron chi connectivity index (χ0n) is 9.70. The summed E-state index contributed by atoms with van der Waals surface area (Å²) in [6.07, 6.45) is 4.64. The number of ether oxygens (including phenoxy) is 1. The van der Waals surface area contributed by atoms with Gasteiger partial charge in [0, 0.05) is 11.6 Å². The van der Waals surface area contributed by atoms with Crippen molar-refractivity contribution in [1.29, 1.82) is 0 Å². The molecule has 0 aromatic carbocycles. The van der Waals surface area contributed by atoms with E-state index in [0.29, 0.717) is 11.6 Å². The molecule has 0 spiro atoms. The molecule has 4 nitrogen and oxygen atoms in total. The van der Waals surface area contributed by atoms with Crippen LogP contribution < -0.4 is 5.73 Å². The summed E-state index contributed by atoms with van der Waals surface area (Å²) < 4.78 is 4.62. The maximum absolute atomic E-state index is 11.5. The van der Waals surface area contributed by atoms with E-state index in [1.165, 1.54) is 20.0 Å². The lowest BCUT2D eigenvalue weighted by Crippen LogP contribution is -2.10. The average Bonchev–Trinajstić information content (AvgIpc) is 2.81. The van der Waals surface area contributed by atoms with Crippen molar-refractivity contribution in [3.05, 3.63) is 22.5 Å². The normalized spacial score (nSPS) is 16.1. The first kappa shape index (κ1) is 12.2. The standard InChI is InChI=1S/C12H15ClN2O2/c1-17-12(16)10-8(14)6-9(15-11(10)13)7-4-2-3-5-7/h6-7H,2-5H2,1H3,(H2,14,15). The Kier molecular flexibility index (Phi) is 3.52. The summed E-state index contributed by atoms with van der Waals surface area (Å²) >= 11 is 5.99. The Bertz CT molecular complexity index is 419. The second-order valence-corrected chi connectivity index (χ2v) is 4.63. The number of esters is 1. The third kappa shape index (κ3) is 2.36. The molecule has 0 amide bonds. The van der Waals surface area contributed by atoms with Gasteiger partial charge in [-0.25, -0.2) is 9.78 Å². The van der Waals surface area contributed by atoms with E-state index in [9.17, 15) is 4.79 Å². The van der Waals surface area contributed by atoms with Crippen molar-refractivity contribution < 1.29 is 9.53 Å². The average molecular weight is 255 g/mol. The predicted molar refractivity (Wildman–Crippen MR) is 66.2 cm³/mol. The van der Waals surface area contributed by atoms with Crippen LogP contribution in [-0.4, -0.2) is 18.1 Å². The van der Waals surface area contributed by atoms with E-state index in [1.54, 1.807) is 6.07 Å². The van der Waals surface area contributed by atoms with E-state index in [0.717, 1.165) is 18.5 Å². The molecule has 1 aliphatic carbocycles. The van der Waals surface area contributed by atoms with Crippen LogP contribution in [0.4, 0.5) is 5.69 Å². The molecule has 1 aromatic rings. The quantitative estimate of drug-likeness (QED) is 0.651. The Morgan fingerprint density at radius 2 is 2.18 bits per heavy atom. The van der Waals surface area contributed by atoms with Crippen molar-refractivity contribution in [2.24, 2.45) is 0 Å². The topological polar surface area (TPSA) is 65.2 Å². The van der Waals surface area contributed by atoms with Gasteiger partial charge in [-0.05, 0) is 18.9 Å². The van der Waals surface area contributed by atoms with E-state index < -0.39 is 5.97 Å². The minimum absolute atomic E-state index is 0.138. The SMILES string of the molecule is COC(=O)c1c(N)cc(C2CCCC2)nc1Cl. The monoisotopic (exact) mass is 254 g/mol. The summed E-state index contributed by atoms with van der Waals surface area (Å²) in [6, 6.07) is 1.74. The summed E-state index contributed by atoms with van der Waals surface area (Å²) in [6.45, 7) is 0. The molecule has 0 bridgehead atoms. The Hall–Kier alpha value is -1.29. The number of anilines is 1. The fourth-order valence-corrected chi connectivity index (χ4v) is 2.57. The van der Waals surface area contributed by atoms with Crippen molar-refractivity contribution in [2.75, 3.05) is 12.8 Å². The minimum Gasteiger partial charge on any atom is -0.465 e. The maximum Gasteiger partial charge on any atom is 0.343 e. The number of halogens is 1. The molecule has 1 fully saturated rings. The van der Waals surface area contributed by atoms with Crippen LogP contribution in [0, 0.1) is 0 Å². The summed E-state index contributed by atoms with van der Waals surface area (Å²) in [4.78, 5) is 15.7. The van der Waals surface area contributed by atoms with Gasteiger partial charge >= 0.3 is 5.97 Å². The third-order valence-electron chi connectivity index (χ3n) is 3.19. The molecule has 1 aromatic heterocycles. The molecule has 1 aliphatic rings. The number of aromatic nitrogens is 1. The number of pyridine rings is 1. The van der Waals surface area contributed by atoms with Crippen LogP contribution in [0.3, 0.4) is 0 Å². The number of carbonyl (C=O) groups is 1. The van der Waals surface area contributed by atoms with Crippen LogP contribution in [0.5, 0.6) is 0 Å². The molecule has 2 N–H and O–H groups in total. The molecule has 0 aliphatic heterocycles. The van der Waals surface area contributed by atoms with Crippen molar-refractivity contribution in [3.63, 3.8) is 0 Å². The van der Waals surface area contributed by atoms with Gasteiger partial charge in [0.15, 0.2) is 0 Å². The van der Waals surface area contributed by atoms with E-state index in [2.05, 4.69) is 9.72 Å². The lowest BCUT2D eigenvalue weighted by atomic mass is 10.0. The van der Waals surface area contributed by atoms with Gasteiger partial charge in [0.25, 0.3) is 0 Å². The molecule has 0 atom stereocenters. The number of hydrogen-bond acceptors (Lipinski definition) is 4. The smallest absolute Gasteiger partial charge is 0.343 e. The van der Waals surface area contributed by atoms with Gasteiger partial charge in [-0.15, -0.1) is 0 Å². The molecule has 0 saturated heterocycles. The predicted octanol–water partition coefficient (Wildman–Crippen LogP) is 2.76. The van der Waals surface area contributed by atoms with Gasteiger partial charge in [0.05, 0.1) is 12.8 Å². The Labute approximate surface area is 105 Å².